The molecular formula is C22H31Na13O88. The SMILES string of the molecule is O=C(O)OO.O=C(O)OO.O=C(O)OO.O=C(O)OO.O=C(O)OO.O=C(O)OO.O=C(O)OO.O=C(O)OO.O=C(O)OO.O=C([O-])OO.O=C([O-])OO.O=C([O-])OO.O=C([O-])OO.O=C([O-])OO.O=C([O-])OO.O=C([O-])OO.O=C([O-])OO.O=C([O-])OO.O=C([O-])OO.O=C([O-])OO.O=C([O-])OO.O=C([O-])OO.[Na+].[Na+].[Na+].[Na+].[Na+].[Na+].[Na+].[Na+].[Na+].[Na+].[Na+].[Na+].[Na+]. The second-order valence-electron chi connectivity index (χ2n) is 7.65. The first-order valence-corrected chi connectivity index (χ1v) is 17.7. The molecule has 0 aromatic carbocycles. The summed E-state index contributed by atoms with van der Waals surface area (Å²) in [4.78, 5) is 251. The zero-order chi connectivity index (χ0) is 94.3. The van der Waals surface area contributed by atoms with E-state index in [2.05, 4.69) is 108 Å². The van der Waals surface area contributed by atoms with Crippen LogP contribution in [0.2, 0.25) is 0 Å². The van der Waals surface area contributed by atoms with Crippen molar-refractivity contribution in [3.8, 4) is 0 Å². The van der Waals surface area contributed by atoms with Crippen molar-refractivity contribution in [3.63, 3.8) is 0 Å². The van der Waals surface area contributed by atoms with Crippen LogP contribution in [0.25, 0.3) is 0 Å². The van der Waals surface area contributed by atoms with E-state index in [-0.39, 0.29) is 384 Å². The molecule has 0 aromatic heterocycles. The molecule has 0 aliphatic rings. The van der Waals surface area contributed by atoms with Crippen molar-refractivity contribution < 1.29 is 825 Å². The molecule has 101 heteroatoms. The van der Waals surface area contributed by atoms with Gasteiger partial charge in [-0.1, -0.05) is 0 Å². The van der Waals surface area contributed by atoms with Gasteiger partial charge in [0.05, 0.1) is 0 Å². The van der Waals surface area contributed by atoms with Crippen LogP contribution in [0, 0.1) is 0 Å². The molecule has 0 aliphatic heterocycles. The summed E-state index contributed by atoms with van der Waals surface area (Å²) in [5.74, 6) is 0. The van der Waals surface area contributed by atoms with E-state index in [4.69, 9.17) is 333 Å². The van der Waals surface area contributed by atoms with Gasteiger partial charge in [0.1, 0.15) is 0 Å². The molecule has 0 aliphatic carbocycles. The van der Waals surface area contributed by atoms with Gasteiger partial charge in [-0.15, -0.1) is 0 Å². The summed E-state index contributed by atoms with van der Waals surface area (Å²) in [6.07, 6.45) is -40.4. The number of carbonyl (C=O) groups is 22. The van der Waals surface area contributed by atoms with Crippen molar-refractivity contribution >= 4 is 135 Å². The van der Waals surface area contributed by atoms with Crippen LogP contribution in [-0.2, 0) is 108 Å². The van der Waals surface area contributed by atoms with Crippen molar-refractivity contribution in [3.05, 3.63) is 0 Å². The minimum Gasteiger partial charge on any atom is -0.448 e. The largest absolute Gasteiger partial charge is 1.00 e. The molecule has 0 saturated heterocycles. The van der Waals surface area contributed by atoms with E-state index in [1.807, 2.05) is 0 Å². The fourth-order valence-corrected chi connectivity index (χ4v) is 0. The molecule has 31 N–H and O–H groups in total. The van der Waals surface area contributed by atoms with Gasteiger partial charge >= 0.3 is 440 Å². The number of hydrogen-bond donors (Lipinski definition) is 31. The number of carbonyl (C=O) groups excluding carboxylic acids is 13. The summed E-state index contributed by atoms with van der Waals surface area (Å²) in [7, 11) is 0. The third kappa shape index (κ3) is 991. The third-order valence-corrected chi connectivity index (χ3v) is 1.67. The Morgan fingerprint density at radius 1 is 0.106 bits per heavy atom. The van der Waals surface area contributed by atoms with Gasteiger partial charge in [-0.05, 0) is 0 Å². The summed E-state index contributed by atoms with van der Waals surface area (Å²) < 4.78 is 0. The molecule has 123 heavy (non-hydrogen) atoms. The molecular weight excluding hydrogens is 1970 g/mol. The van der Waals surface area contributed by atoms with E-state index < -0.39 is 135 Å². The van der Waals surface area contributed by atoms with E-state index in [1.54, 1.807) is 0 Å². The van der Waals surface area contributed by atoms with Crippen molar-refractivity contribution in [2.75, 3.05) is 0 Å². The average Bonchev–Trinajstić information content (AvgIpc) is 3.63. The van der Waals surface area contributed by atoms with Gasteiger partial charge in [-0.25, -0.2) is 43.2 Å². The Hall–Kier alpha value is -3.94. The fraction of sp³-hybridized carbons (Fsp3) is 0. The maximum Gasteiger partial charge on any atom is 1.00 e. The number of carboxylic acid groups (broad SMARTS) is 22. The summed E-state index contributed by atoms with van der Waals surface area (Å²) in [6.45, 7) is 0. The van der Waals surface area contributed by atoms with E-state index in [1.165, 1.54) is 0 Å². The van der Waals surface area contributed by atoms with Crippen LogP contribution < -0.4 is 451 Å². The van der Waals surface area contributed by atoms with Gasteiger partial charge < -0.3 is 238 Å². The van der Waals surface area contributed by atoms with Gasteiger partial charge in [0, 0.05) is 0 Å². The Morgan fingerprint density at radius 3 is 0.122 bits per heavy atom. The van der Waals surface area contributed by atoms with Crippen LogP contribution in [0.4, 0.5) is 105 Å². The predicted molar refractivity (Wildman–Crippen MR) is 224 cm³/mol. The second kappa shape index (κ2) is 229. The molecule has 88 nitrogen and oxygen atoms in total. The number of rotatable bonds is 0. The Morgan fingerprint density at radius 2 is 0.122 bits per heavy atom. The van der Waals surface area contributed by atoms with Crippen molar-refractivity contribution in [2.24, 2.45) is 0 Å². The van der Waals surface area contributed by atoms with E-state index >= 15 is 0 Å². The van der Waals surface area contributed by atoms with Crippen LogP contribution in [0.3, 0.4) is 0 Å². The molecule has 660 valence electrons. The van der Waals surface area contributed by atoms with Crippen LogP contribution in [0.1, 0.15) is 0 Å². The molecule has 0 fully saturated rings. The summed E-state index contributed by atoms with van der Waals surface area (Å²) in [5.41, 5.74) is 0. The van der Waals surface area contributed by atoms with Crippen LogP contribution in [0.15, 0.2) is 0 Å². The molecule has 0 bridgehead atoms. The van der Waals surface area contributed by atoms with Crippen molar-refractivity contribution in [1.82, 2.24) is 0 Å². The molecule has 0 rings (SSSR count). The second-order valence-corrected chi connectivity index (χ2v) is 7.65. The normalized spacial score (nSPS) is 5.90. The van der Waals surface area contributed by atoms with Gasteiger partial charge in [0.25, 0.3) is 80.0 Å². The fourth-order valence-electron chi connectivity index (χ4n) is 0. The van der Waals surface area contributed by atoms with Crippen LogP contribution >= 0.6 is 0 Å². The maximum atomic E-state index is 8.90. The average molecular weight is 2000 g/mol. The summed E-state index contributed by atoms with van der Waals surface area (Å²) in [5, 5.41) is 334. The zero-order valence-corrected chi connectivity index (χ0v) is 87.1. The standard InChI is InChI=1S/22CH2O4.13Na/c22*2-1(3)5-4;;;;;;;;;;;;;/h22*4H,(H,2,3);;;;;;;;;;;;;/q;;;;;;;;;;;;;;;;;;;;;;13*+1/p-13. The first-order chi connectivity index (χ1) is 49.9. The quantitative estimate of drug-likeness (QED) is 0.0463. The van der Waals surface area contributed by atoms with E-state index in [0.717, 1.165) is 0 Å². The first-order valence-electron chi connectivity index (χ1n) is 17.7. The van der Waals surface area contributed by atoms with Gasteiger partial charge in [-0.2, -0.15) is 47.3 Å². The van der Waals surface area contributed by atoms with E-state index in [0.29, 0.717) is 0 Å². The third-order valence-electron chi connectivity index (χ3n) is 1.67. The molecule has 0 heterocycles. The molecule has 0 radical (unpaired) electrons. The molecule has 0 amide bonds. The maximum absolute atomic E-state index is 8.90. The molecule has 0 aromatic rings. The van der Waals surface area contributed by atoms with E-state index in [9.17, 15) is 0 Å². The zero-order valence-electron chi connectivity index (χ0n) is 61.1. The first kappa shape index (κ1) is 235. The minimum absolute atomic E-state index is 0. The van der Waals surface area contributed by atoms with Crippen LogP contribution in [0.5, 0.6) is 0 Å². The molecule has 0 spiro atoms. The van der Waals surface area contributed by atoms with Gasteiger partial charge in [-0.3, -0.25) is 112 Å². The van der Waals surface area contributed by atoms with Crippen LogP contribution in [-0.4, -0.2) is 297 Å². The predicted octanol–water partition coefficient (Wildman–Crippen LogP) is -52.9. The van der Waals surface area contributed by atoms with Crippen molar-refractivity contribution in [2.45, 2.75) is 0 Å². The Bertz CT molecular complexity index is 1600. The number of hydrogen-bond acceptors (Lipinski definition) is 79. The Balaban J connectivity index is -0.0000000199. The molecule has 0 atom stereocenters. The monoisotopic (exact) mass is 2000 g/mol. The topological polar surface area (TPSA) is 1510 Å². The van der Waals surface area contributed by atoms with Gasteiger partial charge in [0.2, 0.25) is 0 Å². The minimum atomic E-state index is -1.94. The summed E-state index contributed by atoms with van der Waals surface area (Å²) >= 11 is 0. The molecule has 0 saturated carbocycles. The van der Waals surface area contributed by atoms with Gasteiger partial charge in [0.15, 0.2) is 0 Å². The smallest absolute Gasteiger partial charge is 0.448 e. The van der Waals surface area contributed by atoms with Crippen molar-refractivity contribution in [1.29, 1.82) is 0 Å². The molecule has 0 unspecified atom stereocenters. The Labute approximate surface area is 946 Å². The summed E-state index contributed by atoms with van der Waals surface area (Å²) in [6, 6.07) is 0. The Kier molecular flexibility index (Phi) is 437.